The first-order valence-electron chi connectivity index (χ1n) is 4.44. The molecule has 0 aliphatic carbocycles. The molecule has 0 unspecified atom stereocenters. The highest BCUT2D eigenvalue weighted by Gasteiger charge is 2.01. The van der Waals surface area contributed by atoms with Gasteiger partial charge in [-0.3, -0.25) is 4.98 Å². The molecule has 0 aliphatic rings. The molecule has 4 heteroatoms. The molecule has 4 nitrogen and oxygen atoms in total. The van der Waals surface area contributed by atoms with Crippen LogP contribution in [0.1, 0.15) is 19.0 Å². The lowest BCUT2D eigenvalue weighted by molar-refractivity contribution is 0.530. The molecular weight excluding hydrogens is 178 g/mol. The van der Waals surface area contributed by atoms with E-state index in [9.17, 15) is 0 Å². The first-order chi connectivity index (χ1) is 6.74. The second kappa shape index (κ2) is 5.11. The summed E-state index contributed by atoms with van der Waals surface area (Å²) in [6.45, 7) is 3.78. The van der Waals surface area contributed by atoms with E-state index in [1.807, 2.05) is 13.8 Å². The SMILES string of the molecule is CCC=NC(=N)Oc1cccnc1C. The average Bonchev–Trinajstić information content (AvgIpc) is 2.18. The van der Waals surface area contributed by atoms with Gasteiger partial charge in [0.25, 0.3) is 0 Å². The smallest absolute Gasteiger partial charge is 0.314 e. The maximum atomic E-state index is 7.38. The molecule has 0 aliphatic heterocycles. The van der Waals surface area contributed by atoms with Crippen LogP contribution in [-0.4, -0.2) is 17.2 Å². The van der Waals surface area contributed by atoms with E-state index in [1.165, 1.54) is 0 Å². The van der Waals surface area contributed by atoms with Crippen LogP contribution >= 0.6 is 0 Å². The number of aryl methyl sites for hydroxylation is 1. The van der Waals surface area contributed by atoms with Gasteiger partial charge in [0.1, 0.15) is 0 Å². The molecule has 1 aromatic rings. The Morgan fingerprint density at radius 2 is 2.50 bits per heavy atom. The van der Waals surface area contributed by atoms with Crippen LogP contribution in [-0.2, 0) is 0 Å². The van der Waals surface area contributed by atoms with Crippen molar-refractivity contribution in [3.8, 4) is 5.75 Å². The topological polar surface area (TPSA) is 58.3 Å². The Kier molecular flexibility index (Phi) is 3.79. The zero-order valence-corrected chi connectivity index (χ0v) is 8.32. The van der Waals surface area contributed by atoms with Crippen molar-refractivity contribution in [3.05, 3.63) is 24.0 Å². The zero-order valence-electron chi connectivity index (χ0n) is 8.32. The summed E-state index contributed by atoms with van der Waals surface area (Å²) in [6, 6.07) is 3.42. The van der Waals surface area contributed by atoms with Crippen LogP contribution in [0.5, 0.6) is 5.75 Å². The molecule has 1 aromatic heterocycles. The molecule has 0 fully saturated rings. The van der Waals surface area contributed by atoms with Gasteiger partial charge in [-0.25, -0.2) is 10.4 Å². The van der Waals surface area contributed by atoms with Crippen molar-refractivity contribution >= 4 is 12.2 Å². The number of ether oxygens (including phenoxy) is 1. The van der Waals surface area contributed by atoms with Crippen LogP contribution in [0.3, 0.4) is 0 Å². The number of hydrogen-bond acceptors (Lipinski definition) is 3. The summed E-state index contributed by atoms with van der Waals surface area (Å²) in [7, 11) is 0. The molecule has 0 saturated heterocycles. The predicted molar refractivity (Wildman–Crippen MR) is 56.1 cm³/mol. The number of rotatable bonds is 2. The normalized spacial score (nSPS) is 10.4. The zero-order chi connectivity index (χ0) is 10.4. The van der Waals surface area contributed by atoms with Crippen molar-refractivity contribution in [1.82, 2.24) is 4.98 Å². The van der Waals surface area contributed by atoms with Crippen LogP contribution < -0.4 is 4.74 Å². The van der Waals surface area contributed by atoms with Crippen molar-refractivity contribution in [2.45, 2.75) is 20.3 Å². The summed E-state index contributed by atoms with van der Waals surface area (Å²) in [4.78, 5) is 7.83. The molecule has 0 atom stereocenters. The van der Waals surface area contributed by atoms with Gasteiger partial charge >= 0.3 is 6.02 Å². The monoisotopic (exact) mass is 191 g/mol. The minimum absolute atomic E-state index is 0.108. The van der Waals surface area contributed by atoms with E-state index >= 15 is 0 Å². The summed E-state index contributed by atoms with van der Waals surface area (Å²) in [5.41, 5.74) is 0.754. The van der Waals surface area contributed by atoms with Gasteiger partial charge in [-0.15, -0.1) is 0 Å². The van der Waals surface area contributed by atoms with E-state index in [4.69, 9.17) is 10.1 Å². The predicted octanol–water partition coefficient (Wildman–Crippen LogP) is 2.18. The lowest BCUT2D eigenvalue weighted by Crippen LogP contribution is -2.05. The fourth-order valence-electron chi connectivity index (χ4n) is 0.882. The van der Waals surface area contributed by atoms with Gasteiger partial charge in [0.2, 0.25) is 0 Å². The van der Waals surface area contributed by atoms with Crippen molar-refractivity contribution in [2.75, 3.05) is 0 Å². The maximum absolute atomic E-state index is 7.38. The van der Waals surface area contributed by atoms with Crippen LogP contribution in [0.15, 0.2) is 23.3 Å². The molecule has 0 spiro atoms. The van der Waals surface area contributed by atoms with Gasteiger partial charge in [0, 0.05) is 12.4 Å². The number of nitrogens with one attached hydrogen (secondary N) is 1. The molecule has 0 aromatic carbocycles. The number of aliphatic imine (C=N–C) groups is 1. The highest BCUT2D eigenvalue weighted by atomic mass is 16.5. The van der Waals surface area contributed by atoms with Crippen LogP contribution in [0.4, 0.5) is 0 Å². The van der Waals surface area contributed by atoms with Gasteiger partial charge in [0.15, 0.2) is 5.75 Å². The number of aromatic nitrogens is 1. The molecule has 0 amide bonds. The number of hydrogen-bond donors (Lipinski definition) is 1. The molecule has 0 saturated carbocycles. The fraction of sp³-hybridized carbons (Fsp3) is 0.300. The number of pyridine rings is 1. The second-order valence-corrected chi connectivity index (χ2v) is 2.71. The molecule has 1 N–H and O–H groups in total. The summed E-state index contributed by atoms with van der Waals surface area (Å²) in [5, 5.41) is 7.38. The highest BCUT2D eigenvalue weighted by Crippen LogP contribution is 2.13. The molecule has 74 valence electrons. The van der Waals surface area contributed by atoms with E-state index in [0.717, 1.165) is 12.1 Å². The van der Waals surface area contributed by atoms with Gasteiger partial charge in [-0.05, 0) is 25.5 Å². The Labute approximate surface area is 83.2 Å². The lowest BCUT2D eigenvalue weighted by atomic mass is 10.3. The van der Waals surface area contributed by atoms with E-state index in [2.05, 4.69) is 9.98 Å². The first kappa shape index (κ1) is 10.4. The Balaban J connectivity index is 2.65. The third-order valence-electron chi connectivity index (χ3n) is 1.56. The third kappa shape index (κ3) is 2.97. The van der Waals surface area contributed by atoms with Crippen LogP contribution in [0.2, 0.25) is 0 Å². The largest absolute Gasteiger partial charge is 0.423 e. The molecule has 14 heavy (non-hydrogen) atoms. The summed E-state index contributed by atoms with van der Waals surface area (Å²) in [5.74, 6) is 0.575. The Hall–Kier alpha value is -1.71. The number of nitrogens with zero attached hydrogens (tertiary/aromatic N) is 2. The quantitative estimate of drug-likeness (QED) is 0.575. The van der Waals surface area contributed by atoms with Gasteiger partial charge < -0.3 is 4.74 Å². The van der Waals surface area contributed by atoms with E-state index in [1.54, 1.807) is 24.5 Å². The van der Waals surface area contributed by atoms with Crippen LogP contribution in [0.25, 0.3) is 0 Å². The van der Waals surface area contributed by atoms with E-state index in [-0.39, 0.29) is 6.02 Å². The highest BCUT2D eigenvalue weighted by molar-refractivity contribution is 5.82. The van der Waals surface area contributed by atoms with Crippen molar-refractivity contribution in [1.29, 1.82) is 5.41 Å². The third-order valence-corrected chi connectivity index (χ3v) is 1.56. The molecule has 0 radical (unpaired) electrons. The minimum atomic E-state index is -0.108. The van der Waals surface area contributed by atoms with Crippen molar-refractivity contribution < 1.29 is 4.74 Å². The molecule has 0 bridgehead atoms. The standard InChI is InChI=1S/C10H13N3O/c1-3-6-13-10(11)14-9-5-4-7-12-8(9)2/h4-7,11H,3H2,1-2H3. The Morgan fingerprint density at radius 1 is 1.71 bits per heavy atom. The van der Waals surface area contributed by atoms with E-state index < -0.39 is 0 Å². The van der Waals surface area contributed by atoms with Crippen LogP contribution in [0, 0.1) is 12.3 Å². The maximum Gasteiger partial charge on any atom is 0.314 e. The van der Waals surface area contributed by atoms with Crippen molar-refractivity contribution in [3.63, 3.8) is 0 Å². The van der Waals surface area contributed by atoms with Gasteiger partial charge in [-0.2, -0.15) is 0 Å². The fourth-order valence-corrected chi connectivity index (χ4v) is 0.882. The number of amidine groups is 1. The van der Waals surface area contributed by atoms with Gasteiger partial charge in [0.05, 0.1) is 5.69 Å². The minimum Gasteiger partial charge on any atom is -0.423 e. The summed E-state index contributed by atoms with van der Waals surface area (Å²) >= 11 is 0. The molecule has 1 rings (SSSR count). The second-order valence-electron chi connectivity index (χ2n) is 2.71. The van der Waals surface area contributed by atoms with E-state index in [0.29, 0.717) is 5.75 Å². The van der Waals surface area contributed by atoms with Crippen molar-refractivity contribution in [2.24, 2.45) is 4.99 Å². The molecular formula is C10H13N3O. The summed E-state index contributed by atoms with van der Waals surface area (Å²) in [6.07, 6.45) is 4.10. The molecule has 1 heterocycles. The Morgan fingerprint density at radius 3 is 3.14 bits per heavy atom. The lowest BCUT2D eigenvalue weighted by Gasteiger charge is -2.04. The average molecular weight is 191 g/mol. The Bertz CT molecular complexity index is 347. The van der Waals surface area contributed by atoms with Gasteiger partial charge in [-0.1, -0.05) is 6.92 Å². The first-order valence-corrected chi connectivity index (χ1v) is 4.44. The summed E-state index contributed by atoms with van der Waals surface area (Å²) < 4.78 is 5.17.